The van der Waals surface area contributed by atoms with Gasteiger partial charge in [-0.1, -0.05) is 6.07 Å². The lowest BCUT2D eigenvalue weighted by atomic mass is 10.1. The molecule has 0 radical (unpaired) electrons. The van der Waals surface area contributed by atoms with Gasteiger partial charge >= 0.3 is 0 Å². The first kappa shape index (κ1) is 8.51. The second-order valence-corrected chi connectivity index (χ2v) is 3.26. The molecule has 1 aromatic rings. The van der Waals surface area contributed by atoms with Gasteiger partial charge in [0.15, 0.2) is 11.6 Å². The van der Waals surface area contributed by atoms with Crippen molar-refractivity contribution in [2.24, 2.45) is 0 Å². The van der Waals surface area contributed by atoms with E-state index in [2.05, 4.69) is 5.32 Å². The second-order valence-electron chi connectivity index (χ2n) is 3.26. The third kappa shape index (κ3) is 1.65. The van der Waals surface area contributed by atoms with E-state index >= 15 is 0 Å². The molecule has 0 saturated carbocycles. The summed E-state index contributed by atoms with van der Waals surface area (Å²) in [5.74, 6) is 0.161. The standard InChI is InChI=1S/C10H12FNO/c1-7-4-8-6-12-2-3-13-10(8)9(11)5-7/h4-5,12H,2-3,6H2,1H3. The van der Waals surface area contributed by atoms with Crippen molar-refractivity contribution in [1.82, 2.24) is 5.32 Å². The smallest absolute Gasteiger partial charge is 0.165 e. The predicted molar refractivity (Wildman–Crippen MR) is 48.3 cm³/mol. The van der Waals surface area contributed by atoms with E-state index in [0.717, 1.165) is 17.7 Å². The Labute approximate surface area is 76.7 Å². The number of ether oxygens (including phenoxy) is 1. The van der Waals surface area contributed by atoms with Gasteiger partial charge in [0.1, 0.15) is 6.61 Å². The fourth-order valence-corrected chi connectivity index (χ4v) is 1.54. The Balaban J connectivity index is 2.47. The molecular weight excluding hydrogens is 169 g/mol. The molecule has 0 atom stereocenters. The topological polar surface area (TPSA) is 21.3 Å². The Kier molecular flexibility index (Phi) is 2.19. The highest BCUT2D eigenvalue weighted by atomic mass is 19.1. The van der Waals surface area contributed by atoms with Crippen LogP contribution in [-0.2, 0) is 6.54 Å². The highest BCUT2D eigenvalue weighted by Gasteiger charge is 2.13. The van der Waals surface area contributed by atoms with Gasteiger partial charge in [0, 0.05) is 18.7 Å². The molecule has 1 N–H and O–H groups in total. The average molecular weight is 181 g/mol. The molecule has 0 unspecified atom stereocenters. The lowest BCUT2D eigenvalue weighted by Crippen LogP contribution is -2.16. The van der Waals surface area contributed by atoms with E-state index < -0.39 is 0 Å². The summed E-state index contributed by atoms with van der Waals surface area (Å²) in [5.41, 5.74) is 1.85. The zero-order valence-electron chi connectivity index (χ0n) is 7.56. The van der Waals surface area contributed by atoms with Gasteiger partial charge in [0.05, 0.1) is 0 Å². The summed E-state index contributed by atoms with van der Waals surface area (Å²) in [4.78, 5) is 0. The summed E-state index contributed by atoms with van der Waals surface area (Å²) in [5, 5.41) is 3.17. The van der Waals surface area contributed by atoms with Crippen molar-refractivity contribution in [3.05, 3.63) is 29.1 Å². The van der Waals surface area contributed by atoms with Crippen LogP contribution in [0.15, 0.2) is 12.1 Å². The van der Waals surface area contributed by atoms with Crippen molar-refractivity contribution in [2.45, 2.75) is 13.5 Å². The van der Waals surface area contributed by atoms with Gasteiger partial charge in [-0.15, -0.1) is 0 Å². The molecule has 1 heterocycles. The molecule has 1 aliphatic rings. The van der Waals surface area contributed by atoms with Crippen molar-refractivity contribution < 1.29 is 9.13 Å². The third-order valence-electron chi connectivity index (χ3n) is 2.11. The van der Waals surface area contributed by atoms with Crippen LogP contribution in [0.25, 0.3) is 0 Å². The number of benzene rings is 1. The van der Waals surface area contributed by atoms with E-state index in [9.17, 15) is 4.39 Å². The van der Waals surface area contributed by atoms with Crippen molar-refractivity contribution >= 4 is 0 Å². The lowest BCUT2D eigenvalue weighted by molar-refractivity contribution is 0.309. The number of hydrogen-bond acceptors (Lipinski definition) is 2. The minimum atomic E-state index is -0.251. The molecule has 0 amide bonds. The molecular formula is C10H12FNO. The first-order valence-electron chi connectivity index (χ1n) is 4.40. The number of nitrogens with one attached hydrogen (secondary N) is 1. The average Bonchev–Trinajstić information content (AvgIpc) is 2.28. The summed E-state index contributed by atoms with van der Waals surface area (Å²) in [6, 6.07) is 3.46. The highest BCUT2D eigenvalue weighted by Crippen LogP contribution is 2.25. The maximum atomic E-state index is 13.4. The maximum Gasteiger partial charge on any atom is 0.165 e. The molecule has 0 aromatic heterocycles. The van der Waals surface area contributed by atoms with Gasteiger partial charge in [-0.25, -0.2) is 4.39 Å². The van der Waals surface area contributed by atoms with Crippen molar-refractivity contribution in [3.63, 3.8) is 0 Å². The largest absolute Gasteiger partial charge is 0.489 e. The first-order valence-corrected chi connectivity index (χ1v) is 4.40. The third-order valence-corrected chi connectivity index (χ3v) is 2.11. The van der Waals surface area contributed by atoms with Crippen LogP contribution < -0.4 is 10.1 Å². The SMILES string of the molecule is Cc1cc(F)c2c(c1)CNCCO2. The quantitative estimate of drug-likeness (QED) is 0.656. The van der Waals surface area contributed by atoms with Crippen molar-refractivity contribution in [3.8, 4) is 5.75 Å². The van der Waals surface area contributed by atoms with Crippen LogP contribution >= 0.6 is 0 Å². The molecule has 0 fully saturated rings. The normalized spacial score (nSPS) is 15.8. The van der Waals surface area contributed by atoms with Crippen LogP contribution in [0.3, 0.4) is 0 Å². The molecule has 70 valence electrons. The van der Waals surface area contributed by atoms with Crippen LogP contribution in [0, 0.1) is 12.7 Å². The number of halogens is 1. The molecule has 3 heteroatoms. The maximum absolute atomic E-state index is 13.4. The Bertz CT molecular complexity index is 325. The number of aryl methyl sites for hydroxylation is 1. The Hall–Kier alpha value is -1.09. The summed E-state index contributed by atoms with van der Waals surface area (Å²) in [6.07, 6.45) is 0. The van der Waals surface area contributed by atoms with Gasteiger partial charge in [-0.05, 0) is 18.6 Å². The van der Waals surface area contributed by atoms with Crippen molar-refractivity contribution in [2.75, 3.05) is 13.2 Å². The fraction of sp³-hybridized carbons (Fsp3) is 0.400. The second kappa shape index (κ2) is 3.34. The van der Waals surface area contributed by atoms with Crippen LogP contribution in [-0.4, -0.2) is 13.2 Å². The number of hydrogen-bond donors (Lipinski definition) is 1. The Morgan fingerprint density at radius 1 is 1.46 bits per heavy atom. The van der Waals surface area contributed by atoms with E-state index in [0.29, 0.717) is 18.9 Å². The lowest BCUT2D eigenvalue weighted by Gasteiger charge is -2.08. The molecule has 0 aliphatic carbocycles. The molecule has 0 bridgehead atoms. The molecule has 13 heavy (non-hydrogen) atoms. The van der Waals surface area contributed by atoms with E-state index in [-0.39, 0.29) is 5.82 Å². The van der Waals surface area contributed by atoms with Gasteiger partial charge in [-0.3, -0.25) is 0 Å². The van der Waals surface area contributed by atoms with E-state index in [4.69, 9.17) is 4.74 Å². The van der Waals surface area contributed by atoms with Crippen LogP contribution in [0.1, 0.15) is 11.1 Å². The van der Waals surface area contributed by atoms with Crippen LogP contribution in [0.5, 0.6) is 5.75 Å². The summed E-state index contributed by atoms with van der Waals surface area (Å²) >= 11 is 0. The molecule has 1 aromatic carbocycles. The predicted octanol–water partition coefficient (Wildman–Crippen LogP) is 1.62. The minimum Gasteiger partial charge on any atom is -0.489 e. The molecule has 1 aliphatic heterocycles. The number of fused-ring (bicyclic) bond motifs is 1. The van der Waals surface area contributed by atoms with E-state index in [1.54, 1.807) is 0 Å². The fourth-order valence-electron chi connectivity index (χ4n) is 1.54. The van der Waals surface area contributed by atoms with Gasteiger partial charge in [0.25, 0.3) is 0 Å². The van der Waals surface area contributed by atoms with Gasteiger partial charge in [-0.2, -0.15) is 0 Å². The number of rotatable bonds is 0. The monoisotopic (exact) mass is 181 g/mol. The van der Waals surface area contributed by atoms with Gasteiger partial charge in [0.2, 0.25) is 0 Å². The van der Waals surface area contributed by atoms with E-state index in [1.807, 2.05) is 13.0 Å². The molecule has 2 nitrogen and oxygen atoms in total. The summed E-state index contributed by atoms with van der Waals surface area (Å²) in [6.45, 7) is 3.88. The summed E-state index contributed by atoms with van der Waals surface area (Å²) < 4.78 is 18.7. The van der Waals surface area contributed by atoms with Gasteiger partial charge < -0.3 is 10.1 Å². The van der Waals surface area contributed by atoms with Crippen LogP contribution in [0.2, 0.25) is 0 Å². The highest BCUT2D eigenvalue weighted by molar-refractivity contribution is 5.38. The molecule has 0 saturated heterocycles. The zero-order valence-corrected chi connectivity index (χ0v) is 7.56. The van der Waals surface area contributed by atoms with Crippen molar-refractivity contribution in [1.29, 1.82) is 0 Å². The Morgan fingerprint density at radius 3 is 3.15 bits per heavy atom. The zero-order chi connectivity index (χ0) is 9.26. The minimum absolute atomic E-state index is 0.251. The summed E-state index contributed by atoms with van der Waals surface area (Å²) in [7, 11) is 0. The van der Waals surface area contributed by atoms with Crippen LogP contribution in [0.4, 0.5) is 4.39 Å². The van der Waals surface area contributed by atoms with E-state index in [1.165, 1.54) is 6.07 Å². The molecule has 2 rings (SSSR count). The first-order chi connectivity index (χ1) is 6.27. The Morgan fingerprint density at radius 2 is 2.31 bits per heavy atom. The molecule has 0 spiro atoms.